The molecule has 0 fully saturated rings. The summed E-state index contributed by atoms with van der Waals surface area (Å²) in [5.41, 5.74) is 2.24. The molecule has 2 rings (SSSR count). The molecule has 1 unspecified atom stereocenters. The van der Waals surface area contributed by atoms with Crippen LogP contribution in [0.25, 0.3) is 0 Å². The van der Waals surface area contributed by atoms with Crippen LogP contribution in [0.15, 0.2) is 28.7 Å². The van der Waals surface area contributed by atoms with Crippen molar-refractivity contribution in [3.05, 3.63) is 57.0 Å². The molecule has 0 bridgehead atoms. The van der Waals surface area contributed by atoms with Gasteiger partial charge in [0, 0.05) is 21.7 Å². The molecule has 1 aromatic heterocycles. The predicted octanol–water partition coefficient (Wildman–Crippen LogP) is 5.49. The number of hydrogen-bond donors (Lipinski definition) is 1. The van der Waals surface area contributed by atoms with Crippen LogP contribution < -0.4 is 5.32 Å². The maximum Gasteiger partial charge on any atom is 0.105 e. The molecule has 0 spiro atoms. The molecular formula is C17H21Cl2NO. The normalized spacial score (nSPS) is 12.6. The number of rotatable bonds is 6. The number of nitrogens with one attached hydrogen (secondary N) is 1. The minimum Gasteiger partial charge on any atom is -0.466 e. The van der Waals surface area contributed by atoms with Crippen molar-refractivity contribution in [3.63, 3.8) is 0 Å². The van der Waals surface area contributed by atoms with E-state index in [9.17, 15) is 0 Å². The highest BCUT2D eigenvalue weighted by Crippen LogP contribution is 2.29. The zero-order chi connectivity index (χ0) is 15.4. The first-order valence-corrected chi connectivity index (χ1v) is 8.01. The molecule has 1 N–H and O–H groups in total. The summed E-state index contributed by atoms with van der Waals surface area (Å²) in [6, 6.07) is 7.88. The van der Waals surface area contributed by atoms with Gasteiger partial charge in [0.2, 0.25) is 0 Å². The molecule has 0 saturated heterocycles. The highest BCUT2D eigenvalue weighted by Gasteiger charge is 2.18. The second-order valence-corrected chi connectivity index (χ2v) is 6.16. The molecular weight excluding hydrogens is 305 g/mol. The van der Waals surface area contributed by atoms with Gasteiger partial charge in [0.25, 0.3) is 0 Å². The van der Waals surface area contributed by atoms with Gasteiger partial charge in [-0.2, -0.15) is 0 Å². The van der Waals surface area contributed by atoms with Gasteiger partial charge in [0.05, 0.1) is 0 Å². The van der Waals surface area contributed by atoms with Gasteiger partial charge in [-0.1, -0.05) is 30.1 Å². The lowest BCUT2D eigenvalue weighted by molar-refractivity contribution is 0.480. The van der Waals surface area contributed by atoms with Gasteiger partial charge in [-0.15, -0.1) is 0 Å². The zero-order valence-electron chi connectivity index (χ0n) is 12.7. The summed E-state index contributed by atoms with van der Waals surface area (Å²) in [5, 5.41) is 5.04. The number of aryl methyl sites for hydroxylation is 2. The van der Waals surface area contributed by atoms with Gasteiger partial charge in [-0.05, 0) is 63.1 Å². The van der Waals surface area contributed by atoms with E-state index in [0.29, 0.717) is 5.02 Å². The van der Waals surface area contributed by atoms with Crippen molar-refractivity contribution in [1.82, 2.24) is 5.32 Å². The minimum absolute atomic E-state index is 0.179. The summed E-state index contributed by atoms with van der Waals surface area (Å²) in [6.07, 6.45) is 1.87. The maximum absolute atomic E-state index is 6.30. The average Bonchev–Trinajstić information content (AvgIpc) is 2.77. The maximum atomic E-state index is 6.30. The fraction of sp³-hybridized carbons (Fsp3) is 0.412. The first-order chi connectivity index (χ1) is 10.0. The molecule has 4 heteroatoms. The Morgan fingerprint density at radius 3 is 2.57 bits per heavy atom. The predicted molar refractivity (Wildman–Crippen MR) is 89.4 cm³/mol. The van der Waals surface area contributed by atoms with Crippen LogP contribution in [-0.2, 0) is 6.42 Å². The lowest BCUT2D eigenvalue weighted by Gasteiger charge is -2.19. The standard InChI is InChI=1S/C17H21Cl2NO/c1-4-7-20-17(15-8-11(2)21-12(15)3)10-13-9-14(18)5-6-16(13)19/h5-6,8-9,17,20H,4,7,10H2,1-3H3. The molecule has 0 aliphatic carbocycles. The van der Waals surface area contributed by atoms with E-state index in [4.69, 9.17) is 27.6 Å². The van der Waals surface area contributed by atoms with Crippen LogP contribution in [0, 0.1) is 13.8 Å². The Morgan fingerprint density at radius 2 is 1.95 bits per heavy atom. The van der Waals surface area contributed by atoms with Crippen LogP contribution in [0.2, 0.25) is 10.0 Å². The van der Waals surface area contributed by atoms with Crippen molar-refractivity contribution in [2.24, 2.45) is 0 Å². The molecule has 2 aromatic rings. The van der Waals surface area contributed by atoms with Crippen molar-refractivity contribution in [2.75, 3.05) is 6.54 Å². The molecule has 0 saturated carbocycles. The Hall–Kier alpha value is -0.960. The zero-order valence-corrected chi connectivity index (χ0v) is 14.2. The largest absolute Gasteiger partial charge is 0.466 e. The minimum atomic E-state index is 0.179. The van der Waals surface area contributed by atoms with E-state index in [-0.39, 0.29) is 6.04 Å². The number of hydrogen-bond acceptors (Lipinski definition) is 2. The summed E-state index contributed by atoms with van der Waals surface area (Å²) >= 11 is 12.4. The van der Waals surface area contributed by atoms with E-state index in [2.05, 4.69) is 18.3 Å². The van der Waals surface area contributed by atoms with E-state index >= 15 is 0 Å². The summed E-state index contributed by atoms with van der Waals surface area (Å²) in [6.45, 7) is 7.08. The number of benzene rings is 1. The molecule has 21 heavy (non-hydrogen) atoms. The number of halogens is 2. The van der Waals surface area contributed by atoms with E-state index in [1.165, 1.54) is 5.56 Å². The van der Waals surface area contributed by atoms with Crippen LogP contribution in [-0.4, -0.2) is 6.54 Å². The van der Waals surface area contributed by atoms with Gasteiger partial charge in [0.15, 0.2) is 0 Å². The van der Waals surface area contributed by atoms with Crippen molar-refractivity contribution in [2.45, 2.75) is 39.7 Å². The molecule has 0 aliphatic rings. The highest BCUT2D eigenvalue weighted by atomic mass is 35.5. The van der Waals surface area contributed by atoms with Crippen LogP contribution in [0.5, 0.6) is 0 Å². The Balaban J connectivity index is 2.28. The van der Waals surface area contributed by atoms with Crippen LogP contribution in [0.4, 0.5) is 0 Å². The highest BCUT2D eigenvalue weighted by molar-refractivity contribution is 6.33. The lowest BCUT2D eigenvalue weighted by Crippen LogP contribution is -2.24. The van der Waals surface area contributed by atoms with Gasteiger partial charge in [0.1, 0.15) is 11.5 Å². The van der Waals surface area contributed by atoms with E-state index < -0.39 is 0 Å². The summed E-state index contributed by atoms with van der Waals surface area (Å²) in [5.74, 6) is 1.89. The van der Waals surface area contributed by atoms with Crippen LogP contribution >= 0.6 is 23.2 Å². The average molecular weight is 326 g/mol. The Labute approximate surface area is 136 Å². The third kappa shape index (κ3) is 4.26. The number of furan rings is 1. The first kappa shape index (κ1) is 16.4. The summed E-state index contributed by atoms with van der Waals surface area (Å²) < 4.78 is 5.67. The Morgan fingerprint density at radius 1 is 1.19 bits per heavy atom. The molecule has 114 valence electrons. The smallest absolute Gasteiger partial charge is 0.105 e. The molecule has 0 amide bonds. The molecule has 1 atom stereocenters. The molecule has 1 heterocycles. The molecule has 2 nitrogen and oxygen atoms in total. The fourth-order valence-corrected chi connectivity index (χ4v) is 2.92. The SMILES string of the molecule is CCCNC(Cc1cc(Cl)ccc1Cl)c1cc(C)oc1C. The van der Waals surface area contributed by atoms with Crippen molar-refractivity contribution >= 4 is 23.2 Å². The lowest BCUT2D eigenvalue weighted by atomic mass is 9.98. The first-order valence-electron chi connectivity index (χ1n) is 7.25. The van der Waals surface area contributed by atoms with E-state index in [1.54, 1.807) is 0 Å². The fourth-order valence-electron chi connectivity index (χ4n) is 2.53. The van der Waals surface area contributed by atoms with Gasteiger partial charge >= 0.3 is 0 Å². The van der Waals surface area contributed by atoms with Crippen LogP contribution in [0.1, 0.15) is 42.0 Å². The quantitative estimate of drug-likeness (QED) is 0.759. The molecule has 0 radical (unpaired) electrons. The monoisotopic (exact) mass is 325 g/mol. The van der Waals surface area contributed by atoms with Crippen LogP contribution in [0.3, 0.4) is 0 Å². The van der Waals surface area contributed by atoms with Gasteiger partial charge in [-0.25, -0.2) is 0 Å². The third-order valence-corrected chi connectivity index (χ3v) is 4.13. The second kappa shape index (κ2) is 7.35. The third-order valence-electron chi connectivity index (χ3n) is 3.53. The van der Waals surface area contributed by atoms with Gasteiger partial charge in [-0.3, -0.25) is 0 Å². The topological polar surface area (TPSA) is 25.2 Å². The summed E-state index contributed by atoms with van der Waals surface area (Å²) in [4.78, 5) is 0. The summed E-state index contributed by atoms with van der Waals surface area (Å²) in [7, 11) is 0. The van der Waals surface area contributed by atoms with E-state index in [1.807, 2.05) is 32.0 Å². The molecule has 0 aliphatic heterocycles. The Bertz CT molecular complexity index is 607. The molecule has 1 aromatic carbocycles. The van der Waals surface area contributed by atoms with Crippen molar-refractivity contribution in [1.29, 1.82) is 0 Å². The van der Waals surface area contributed by atoms with E-state index in [0.717, 1.165) is 41.5 Å². The Kier molecular flexibility index (Phi) is 5.74. The van der Waals surface area contributed by atoms with Gasteiger partial charge < -0.3 is 9.73 Å². The van der Waals surface area contributed by atoms with Crippen molar-refractivity contribution < 1.29 is 4.42 Å². The van der Waals surface area contributed by atoms with Crippen molar-refractivity contribution in [3.8, 4) is 0 Å². The second-order valence-electron chi connectivity index (χ2n) is 5.32.